The summed E-state index contributed by atoms with van der Waals surface area (Å²) in [6.07, 6.45) is 12.1. The Hall–Kier alpha value is -2.09. The molecule has 1 aromatic carbocycles. The predicted octanol–water partition coefficient (Wildman–Crippen LogP) is 1.28. The third-order valence-corrected chi connectivity index (χ3v) is 2.43. The minimum Gasteiger partial charge on any atom is -0.308 e. The van der Waals surface area contributed by atoms with Crippen molar-refractivity contribution in [3.63, 3.8) is 0 Å². The highest BCUT2D eigenvalue weighted by atomic mass is 15.2. The number of rotatable bonds is 0. The van der Waals surface area contributed by atoms with Gasteiger partial charge in [0.05, 0.1) is 5.36 Å². The molecule has 3 rings (SSSR count). The Morgan fingerprint density at radius 3 is 2.93 bits per heavy atom. The van der Waals surface area contributed by atoms with Crippen molar-refractivity contribution in [3.8, 4) is 0 Å². The predicted molar refractivity (Wildman–Crippen MR) is 59.9 cm³/mol. The van der Waals surface area contributed by atoms with E-state index in [9.17, 15) is 0 Å². The van der Waals surface area contributed by atoms with Crippen molar-refractivity contribution in [1.29, 1.82) is 0 Å². The van der Waals surface area contributed by atoms with E-state index in [0.29, 0.717) is 0 Å². The molecule has 0 atom stereocenters. The van der Waals surface area contributed by atoms with Crippen LogP contribution in [0, 0.1) is 0 Å². The summed E-state index contributed by atoms with van der Waals surface area (Å²) in [5, 5.41) is 2.19. The van der Waals surface area contributed by atoms with E-state index in [-0.39, 0.29) is 0 Å². The minimum absolute atomic E-state index is 0.957. The van der Waals surface area contributed by atoms with Crippen LogP contribution in [0.1, 0.15) is 0 Å². The molecule has 0 fully saturated rings. The summed E-state index contributed by atoms with van der Waals surface area (Å²) < 4.78 is 0. The maximum atomic E-state index is 4.58. The third kappa shape index (κ3) is 1.40. The van der Waals surface area contributed by atoms with Crippen molar-refractivity contribution < 1.29 is 0 Å². The molecule has 0 radical (unpaired) electrons. The second-order valence-electron chi connectivity index (χ2n) is 3.46. The molecule has 2 heteroatoms. The van der Waals surface area contributed by atoms with Gasteiger partial charge in [0.15, 0.2) is 0 Å². The number of allylic oxidation sites excluding steroid dienone is 4. The van der Waals surface area contributed by atoms with Crippen LogP contribution in [0.25, 0.3) is 6.20 Å². The van der Waals surface area contributed by atoms with E-state index < -0.39 is 0 Å². The molecule has 0 saturated carbocycles. The second-order valence-corrected chi connectivity index (χ2v) is 3.46. The van der Waals surface area contributed by atoms with E-state index in [4.69, 9.17) is 0 Å². The van der Waals surface area contributed by atoms with Crippen LogP contribution < -0.4 is 10.6 Å². The van der Waals surface area contributed by atoms with E-state index in [2.05, 4.69) is 17.3 Å². The molecule has 0 spiro atoms. The topological polar surface area (TPSA) is 15.6 Å². The van der Waals surface area contributed by atoms with Gasteiger partial charge in [0, 0.05) is 17.6 Å². The SMILES string of the molecule is C1=CC=C2N=c3ccccc3=CN2C=C1. The van der Waals surface area contributed by atoms with Crippen molar-refractivity contribution in [3.05, 3.63) is 71.2 Å². The molecule has 2 aliphatic rings. The fourth-order valence-electron chi connectivity index (χ4n) is 1.69. The molecular weight excluding hydrogens is 184 g/mol. The number of para-hydroxylation sites is 1. The van der Waals surface area contributed by atoms with E-state index in [1.807, 2.05) is 53.6 Å². The zero-order chi connectivity index (χ0) is 10.1. The summed E-state index contributed by atoms with van der Waals surface area (Å²) >= 11 is 0. The summed E-state index contributed by atoms with van der Waals surface area (Å²) in [4.78, 5) is 6.61. The summed E-state index contributed by atoms with van der Waals surface area (Å²) in [5.74, 6) is 0.957. The highest BCUT2D eigenvalue weighted by molar-refractivity contribution is 5.36. The first kappa shape index (κ1) is 8.24. The molecule has 0 aromatic heterocycles. The zero-order valence-corrected chi connectivity index (χ0v) is 8.17. The van der Waals surface area contributed by atoms with E-state index >= 15 is 0 Å². The lowest BCUT2D eigenvalue weighted by Crippen LogP contribution is -2.32. The van der Waals surface area contributed by atoms with Crippen LogP contribution in [0.4, 0.5) is 0 Å². The van der Waals surface area contributed by atoms with Gasteiger partial charge in [0.1, 0.15) is 5.82 Å². The molecule has 0 amide bonds. The Bertz CT molecular complexity index is 591. The molecule has 0 saturated heterocycles. The normalized spacial score (nSPS) is 16.8. The first-order valence-corrected chi connectivity index (χ1v) is 4.93. The van der Waals surface area contributed by atoms with Gasteiger partial charge in [-0.1, -0.05) is 30.4 Å². The first-order chi connectivity index (χ1) is 7.43. The zero-order valence-electron chi connectivity index (χ0n) is 8.17. The summed E-state index contributed by atoms with van der Waals surface area (Å²) in [7, 11) is 0. The van der Waals surface area contributed by atoms with Crippen LogP contribution in [0.3, 0.4) is 0 Å². The number of benzene rings is 1. The maximum Gasteiger partial charge on any atom is 0.137 e. The molecule has 2 heterocycles. The van der Waals surface area contributed by atoms with Crippen molar-refractivity contribution >= 4 is 6.20 Å². The maximum absolute atomic E-state index is 4.58. The Labute approximate surface area is 87.9 Å². The Morgan fingerprint density at radius 1 is 1.00 bits per heavy atom. The number of hydrogen-bond donors (Lipinski definition) is 0. The van der Waals surface area contributed by atoms with Gasteiger partial charge in [-0.2, -0.15) is 0 Å². The molecule has 15 heavy (non-hydrogen) atoms. The number of hydrogen-bond acceptors (Lipinski definition) is 2. The van der Waals surface area contributed by atoms with Crippen LogP contribution in [0.15, 0.2) is 65.6 Å². The average molecular weight is 194 g/mol. The third-order valence-electron chi connectivity index (χ3n) is 2.43. The molecule has 72 valence electrons. The Balaban J connectivity index is 2.29. The monoisotopic (exact) mass is 194 g/mol. The molecule has 2 aliphatic heterocycles. The summed E-state index contributed by atoms with van der Waals surface area (Å²) in [6, 6.07) is 8.14. The molecular formula is C13H10N2. The highest BCUT2D eigenvalue weighted by Gasteiger charge is 2.06. The van der Waals surface area contributed by atoms with Gasteiger partial charge in [-0.05, 0) is 18.2 Å². The van der Waals surface area contributed by atoms with Crippen molar-refractivity contribution in [2.45, 2.75) is 0 Å². The van der Waals surface area contributed by atoms with E-state index in [1.165, 1.54) is 0 Å². The summed E-state index contributed by atoms with van der Waals surface area (Å²) in [5.41, 5.74) is 0. The van der Waals surface area contributed by atoms with Crippen LogP contribution in [0.5, 0.6) is 0 Å². The smallest absolute Gasteiger partial charge is 0.137 e. The van der Waals surface area contributed by atoms with Gasteiger partial charge >= 0.3 is 0 Å². The van der Waals surface area contributed by atoms with Crippen LogP contribution in [-0.4, -0.2) is 4.90 Å². The second kappa shape index (κ2) is 3.24. The fourth-order valence-corrected chi connectivity index (χ4v) is 1.69. The number of nitrogens with zero attached hydrogens (tertiary/aromatic N) is 2. The molecule has 0 N–H and O–H groups in total. The quantitative estimate of drug-likeness (QED) is 0.607. The molecule has 0 bridgehead atoms. The summed E-state index contributed by atoms with van der Waals surface area (Å²) in [6.45, 7) is 0. The van der Waals surface area contributed by atoms with Gasteiger partial charge in [0.2, 0.25) is 0 Å². The Morgan fingerprint density at radius 2 is 1.93 bits per heavy atom. The minimum atomic E-state index is 0.957. The van der Waals surface area contributed by atoms with E-state index in [1.54, 1.807) is 0 Å². The van der Waals surface area contributed by atoms with E-state index in [0.717, 1.165) is 16.4 Å². The molecule has 1 aromatic rings. The standard InChI is InChI=1S/C13H10N2/c1-2-8-13-14-12-7-4-3-6-11(12)10-15(13)9-5-1/h1-10H. The molecule has 0 unspecified atom stereocenters. The van der Waals surface area contributed by atoms with Gasteiger partial charge in [-0.25, -0.2) is 4.99 Å². The first-order valence-electron chi connectivity index (χ1n) is 4.93. The lowest BCUT2D eigenvalue weighted by atomic mass is 10.2. The average Bonchev–Trinajstić information content (AvgIpc) is 2.50. The fraction of sp³-hybridized carbons (Fsp3) is 0. The number of fused-ring (bicyclic) bond motifs is 2. The van der Waals surface area contributed by atoms with Crippen molar-refractivity contribution in [2.24, 2.45) is 4.99 Å². The van der Waals surface area contributed by atoms with Crippen LogP contribution >= 0.6 is 0 Å². The van der Waals surface area contributed by atoms with Gasteiger partial charge in [-0.3, -0.25) is 0 Å². The van der Waals surface area contributed by atoms with Gasteiger partial charge in [0.25, 0.3) is 0 Å². The largest absolute Gasteiger partial charge is 0.308 e. The van der Waals surface area contributed by atoms with Gasteiger partial charge < -0.3 is 4.90 Å². The van der Waals surface area contributed by atoms with Crippen molar-refractivity contribution in [1.82, 2.24) is 4.90 Å². The lowest BCUT2D eigenvalue weighted by molar-refractivity contribution is 0.652. The molecule has 0 aliphatic carbocycles. The van der Waals surface area contributed by atoms with Gasteiger partial charge in [-0.15, -0.1) is 0 Å². The lowest BCUT2D eigenvalue weighted by Gasteiger charge is -2.17. The van der Waals surface area contributed by atoms with Crippen LogP contribution in [-0.2, 0) is 0 Å². The van der Waals surface area contributed by atoms with Crippen molar-refractivity contribution in [2.75, 3.05) is 0 Å². The Kier molecular flexibility index (Phi) is 1.78. The highest BCUT2D eigenvalue weighted by Crippen LogP contribution is 2.11. The van der Waals surface area contributed by atoms with Crippen LogP contribution in [0.2, 0.25) is 0 Å². The molecule has 2 nitrogen and oxygen atoms in total.